The second-order valence-corrected chi connectivity index (χ2v) is 8.00. The SMILES string of the molecule is N#Cc1ccc(CCNC(=O)C2CCCN2c2cc(-c3ccccc3)nc(C(F)(F)F)n2)cc1. The van der Waals surface area contributed by atoms with E-state index in [1.54, 1.807) is 47.4 Å². The van der Waals surface area contributed by atoms with Gasteiger partial charge < -0.3 is 10.2 Å². The van der Waals surface area contributed by atoms with Crippen molar-refractivity contribution < 1.29 is 18.0 Å². The second kappa shape index (κ2) is 9.91. The van der Waals surface area contributed by atoms with E-state index in [2.05, 4.69) is 21.4 Å². The fraction of sp³-hybridized carbons (Fsp3) is 0.280. The Morgan fingerprint density at radius 3 is 2.53 bits per heavy atom. The second-order valence-electron chi connectivity index (χ2n) is 8.00. The highest BCUT2D eigenvalue weighted by molar-refractivity contribution is 5.85. The molecule has 2 aromatic carbocycles. The standard InChI is InChI=1S/C25H22F3N5O/c26-25(27,28)24-31-20(19-5-2-1-3-6-19)15-22(32-24)33-14-4-7-21(33)23(34)30-13-12-17-8-10-18(16-29)11-9-17/h1-3,5-6,8-11,15,21H,4,7,12-14H2,(H,30,34). The Morgan fingerprint density at radius 1 is 1.12 bits per heavy atom. The van der Waals surface area contributed by atoms with Crippen molar-refractivity contribution in [3.8, 4) is 17.3 Å². The molecule has 1 aliphatic heterocycles. The summed E-state index contributed by atoms with van der Waals surface area (Å²) in [5.41, 5.74) is 2.23. The number of anilines is 1. The van der Waals surface area contributed by atoms with Crippen molar-refractivity contribution in [2.24, 2.45) is 0 Å². The van der Waals surface area contributed by atoms with Crippen LogP contribution in [0.15, 0.2) is 60.7 Å². The minimum Gasteiger partial charge on any atom is -0.354 e. The lowest BCUT2D eigenvalue weighted by atomic mass is 10.1. The zero-order chi connectivity index (χ0) is 24.1. The number of halogens is 3. The molecule has 1 aliphatic rings. The van der Waals surface area contributed by atoms with Crippen molar-refractivity contribution in [1.82, 2.24) is 15.3 Å². The number of nitrogens with one attached hydrogen (secondary N) is 1. The molecule has 1 aromatic heterocycles. The van der Waals surface area contributed by atoms with E-state index in [4.69, 9.17) is 5.26 Å². The van der Waals surface area contributed by atoms with E-state index < -0.39 is 18.0 Å². The van der Waals surface area contributed by atoms with Crippen molar-refractivity contribution in [3.05, 3.63) is 77.6 Å². The molecule has 1 N–H and O–H groups in total. The van der Waals surface area contributed by atoms with Crippen LogP contribution in [0.25, 0.3) is 11.3 Å². The Balaban J connectivity index is 1.51. The molecule has 174 valence electrons. The van der Waals surface area contributed by atoms with Crippen molar-refractivity contribution in [1.29, 1.82) is 5.26 Å². The first-order valence-corrected chi connectivity index (χ1v) is 10.9. The Morgan fingerprint density at radius 2 is 1.85 bits per heavy atom. The molecule has 0 spiro atoms. The van der Waals surface area contributed by atoms with Gasteiger partial charge in [-0.15, -0.1) is 0 Å². The van der Waals surface area contributed by atoms with Crippen LogP contribution in [-0.4, -0.2) is 35.0 Å². The normalized spacial score (nSPS) is 15.7. The van der Waals surface area contributed by atoms with Gasteiger partial charge in [0.05, 0.1) is 17.3 Å². The summed E-state index contributed by atoms with van der Waals surface area (Å²) in [7, 11) is 0. The first-order valence-electron chi connectivity index (χ1n) is 10.9. The van der Waals surface area contributed by atoms with Gasteiger partial charge in [0, 0.05) is 24.7 Å². The number of alkyl halides is 3. The molecule has 1 atom stereocenters. The first-order chi connectivity index (χ1) is 16.3. The molecule has 2 heterocycles. The van der Waals surface area contributed by atoms with E-state index in [0.717, 1.165) is 5.56 Å². The molecule has 34 heavy (non-hydrogen) atoms. The van der Waals surface area contributed by atoms with Gasteiger partial charge in [-0.25, -0.2) is 9.97 Å². The summed E-state index contributed by atoms with van der Waals surface area (Å²) in [6.07, 6.45) is -2.94. The number of hydrogen-bond acceptors (Lipinski definition) is 5. The van der Waals surface area contributed by atoms with Crippen LogP contribution in [-0.2, 0) is 17.4 Å². The summed E-state index contributed by atoms with van der Waals surface area (Å²) in [5.74, 6) is -1.39. The maximum atomic E-state index is 13.5. The number of hydrogen-bond donors (Lipinski definition) is 1. The lowest BCUT2D eigenvalue weighted by Gasteiger charge is -2.26. The Hall–Kier alpha value is -3.93. The van der Waals surface area contributed by atoms with Gasteiger partial charge in [-0.3, -0.25) is 4.79 Å². The monoisotopic (exact) mass is 465 g/mol. The van der Waals surface area contributed by atoms with E-state index >= 15 is 0 Å². The topological polar surface area (TPSA) is 81.9 Å². The fourth-order valence-electron chi connectivity index (χ4n) is 3.97. The number of aromatic nitrogens is 2. The molecule has 1 fully saturated rings. The van der Waals surface area contributed by atoms with E-state index in [9.17, 15) is 18.0 Å². The number of benzene rings is 2. The van der Waals surface area contributed by atoms with Crippen LogP contribution >= 0.6 is 0 Å². The van der Waals surface area contributed by atoms with Crippen LogP contribution in [0, 0.1) is 11.3 Å². The molecule has 0 radical (unpaired) electrons. The first kappa shape index (κ1) is 23.2. The van der Waals surface area contributed by atoms with Crippen molar-refractivity contribution in [2.75, 3.05) is 18.0 Å². The minimum atomic E-state index is -4.71. The van der Waals surface area contributed by atoms with Crippen LogP contribution in [0.5, 0.6) is 0 Å². The molecular formula is C25H22F3N5O. The summed E-state index contributed by atoms with van der Waals surface area (Å²) in [5, 5.41) is 11.8. The third-order valence-corrected chi connectivity index (χ3v) is 5.68. The Labute approximate surface area is 195 Å². The molecule has 6 nitrogen and oxygen atoms in total. The van der Waals surface area contributed by atoms with Crippen LogP contribution < -0.4 is 10.2 Å². The van der Waals surface area contributed by atoms with Gasteiger partial charge in [0.15, 0.2) is 0 Å². The third-order valence-electron chi connectivity index (χ3n) is 5.68. The molecule has 0 saturated carbocycles. The molecule has 4 rings (SSSR count). The minimum absolute atomic E-state index is 0.0888. The van der Waals surface area contributed by atoms with Gasteiger partial charge in [0.25, 0.3) is 0 Å². The third kappa shape index (κ3) is 5.34. The molecule has 3 aromatic rings. The van der Waals surface area contributed by atoms with Crippen molar-refractivity contribution in [3.63, 3.8) is 0 Å². The average molecular weight is 465 g/mol. The lowest BCUT2D eigenvalue weighted by molar-refractivity contribution is -0.144. The molecule has 1 saturated heterocycles. The van der Waals surface area contributed by atoms with Crippen LogP contribution in [0.1, 0.15) is 29.8 Å². The lowest BCUT2D eigenvalue weighted by Crippen LogP contribution is -2.44. The Bertz CT molecular complexity index is 1190. The molecule has 9 heteroatoms. The maximum absolute atomic E-state index is 13.5. The van der Waals surface area contributed by atoms with Crippen LogP contribution in [0.4, 0.5) is 19.0 Å². The molecule has 0 aliphatic carbocycles. The van der Waals surface area contributed by atoms with Gasteiger partial charge >= 0.3 is 6.18 Å². The Kier molecular flexibility index (Phi) is 6.77. The zero-order valence-corrected chi connectivity index (χ0v) is 18.2. The maximum Gasteiger partial charge on any atom is 0.451 e. The van der Waals surface area contributed by atoms with E-state index in [0.29, 0.717) is 43.5 Å². The summed E-state index contributed by atoms with van der Waals surface area (Å²) >= 11 is 0. The zero-order valence-electron chi connectivity index (χ0n) is 18.2. The summed E-state index contributed by atoms with van der Waals surface area (Å²) in [6.45, 7) is 0.804. The number of carbonyl (C=O) groups excluding carboxylic acids is 1. The highest BCUT2D eigenvalue weighted by atomic mass is 19.4. The van der Waals surface area contributed by atoms with Gasteiger partial charge in [0.1, 0.15) is 11.9 Å². The van der Waals surface area contributed by atoms with Crippen LogP contribution in [0.2, 0.25) is 0 Å². The smallest absolute Gasteiger partial charge is 0.354 e. The highest BCUT2D eigenvalue weighted by Crippen LogP contribution is 2.33. The molecular weight excluding hydrogens is 443 g/mol. The fourth-order valence-corrected chi connectivity index (χ4v) is 3.97. The highest BCUT2D eigenvalue weighted by Gasteiger charge is 2.38. The van der Waals surface area contributed by atoms with Crippen molar-refractivity contribution in [2.45, 2.75) is 31.5 Å². The van der Waals surface area contributed by atoms with Gasteiger partial charge in [-0.1, -0.05) is 42.5 Å². The average Bonchev–Trinajstić information content (AvgIpc) is 3.34. The van der Waals surface area contributed by atoms with E-state index in [-0.39, 0.29) is 17.4 Å². The van der Waals surface area contributed by atoms with Crippen LogP contribution in [0.3, 0.4) is 0 Å². The molecule has 0 bridgehead atoms. The number of rotatable bonds is 6. The number of carbonyl (C=O) groups is 1. The van der Waals surface area contributed by atoms with Gasteiger partial charge in [-0.05, 0) is 37.0 Å². The quantitative estimate of drug-likeness (QED) is 0.585. The van der Waals surface area contributed by atoms with E-state index in [1.165, 1.54) is 6.07 Å². The largest absolute Gasteiger partial charge is 0.451 e. The van der Waals surface area contributed by atoms with Gasteiger partial charge in [-0.2, -0.15) is 18.4 Å². The van der Waals surface area contributed by atoms with Crippen molar-refractivity contribution >= 4 is 11.7 Å². The summed E-state index contributed by atoms with van der Waals surface area (Å²) in [4.78, 5) is 22.0. The number of nitrogens with zero attached hydrogens (tertiary/aromatic N) is 4. The number of nitriles is 1. The number of amides is 1. The van der Waals surface area contributed by atoms with E-state index in [1.807, 2.05) is 12.1 Å². The predicted octanol–water partition coefficient (Wildman–Crippen LogP) is 4.36. The predicted molar refractivity (Wildman–Crippen MR) is 121 cm³/mol. The van der Waals surface area contributed by atoms with Gasteiger partial charge in [0.2, 0.25) is 11.7 Å². The molecule has 1 amide bonds. The molecule has 1 unspecified atom stereocenters. The summed E-state index contributed by atoms with van der Waals surface area (Å²) in [6, 6.07) is 18.6. The summed E-state index contributed by atoms with van der Waals surface area (Å²) < 4.78 is 40.6.